The van der Waals surface area contributed by atoms with Crippen molar-refractivity contribution < 1.29 is 9.18 Å². The highest BCUT2D eigenvalue weighted by Crippen LogP contribution is 2.28. The van der Waals surface area contributed by atoms with Crippen LogP contribution in [0.1, 0.15) is 36.0 Å². The molecule has 1 aliphatic carbocycles. The minimum absolute atomic E-state index is 0.119. The summed E-state index contributed by atoms with van der Waals surface area (Å²) in [5.74, 6) is -0.0993. The SMILES string of the molecule is O=C(NC1CCCC[C@H]1Nc1nc(-c2c[nH]c3ncccc23)ncc1F)c1ccccc1. The van der Waals surface area contributed by atoms with E-state index in [0.717, 1.165) is 42.3 Å². The van der Waals surface area contributed by atoms with E-state index < -0.39 is 5.82 Å². The molecular weight excluding hydrogens is 407 g/mol. The van der Waals surface area contributed by atoms with E-state index in [0.29, 0.717) is 11.4 Å². The number of amides is 1. The van der Waals surface area contributed by atoms with E-state index >= 15 is 0 Å². The molecule has 2 atom stereocenters. The third-order valence-corrected chi connectivity index (χ3v) is 5.88. The molecule has 3 N–H and O–H groups in total. The van der Waals surface area contributed by atoms with Crippen LogP contribution >= 0.6 is 0 Å². The Labute approximate surface area is 184 Å². The third-order valence-electron chi connectivity index (χ3n) is 5.88. The fourth-order valence-electron chi connectivity index (χ4n) is 4.23. The number of hydrogen-bond acceptors (Lipinski definition) is 5. The van der Waals surface area contributed by atoms with Gasteiger partial charge >= 0.3 is 0 Å². The van der Waals surface area contributed by atoms with Crippen LogP contribution in [-0.2, 0) is 0 Å². The highest BCUT2D eigenvalue weighted by Gasteiger charge is 2.28. The van der Waals surface area contributed by atoms with E-state index in [2.05, 4.69) is 30.6 Å². The zero-order valence-corrected chi connectivity index (χ0v) is 17.4. The van der Waals surface area contributed by atoms with Gasteiger partial charge in [-0.3, -0.25) is 4.79 Å². The Balaban J connectivity index is 1.38. The number of rotatable bonds is 5. The number of halogens is 1. The summed E-state index contributed by atoms with van der Waals surface area (Å²) in [7, 11) is 0. The number of pyridine rings is 1. The summed E-state index contributed by atoms with van der Waals surface area (Å²) < 4.78 is 14.6. The number of benzene rings is 1. The van der Waals surface area contributed by atoms with Gasteiger partial charge in [-0.2, -0.15) is 0 Å². The minimum atomic E-state index is -0.523. The normalized spacial score (nSPS) is 18.4. The summed E-state index contributed by atoms with van der Waals surface area (Å²) in [6.07, 6.45) is 8.31. The Morgan fingerprint density at radius 1 is 1.03 bits per heavy atom. The van der Waals surface area contributed by atoms with E-state index in [-0.39, 0.29) is 23.8 Å². The van der Waals surface area contributed by atoms with E-state index in [1.807, 2.05) is 30.3 Å². The van der Waals surface area contributed by atoms with Crippen molar-refractivity contribution in [3.63, 3.8) is 0 Å². The largest absolute Gasteiger partial charge is 0.363 e. The second-order valence-corrected chi connectivity index (χ2v) is 7.97. The molecule has 162 valence electrons. The molecule has 0 saturated heterocycles. The van der Waals surface area contributed by atoms with Gasteiger partial charge in [0.2, 0.25) is 0 Å². The van der Waals surface area contributed by atoms with Crippen LogP contribution < -0.4 is 10.6 Å². The molecule has 3 heterocycles. The molecule has 1 amide bonds. The number of fused-ring (bicyclic) bond motifs is 1. The number of nitrogens with one attached hydrogen (secondary N) is 3. The van der Waals surface area contributed by atoms with Gasteiger partial charge in [-0.05, 0) is 37.1 Å². The molecule has 1 aliphatic rings. The van der Waals surface area contributed by atoms with E-state index in [9.17, 15) is 9.18 Å². The lowest BCUT2D eigenvalue weighted by Gasteiger charge is -2.33. The smallest absolute Gasteiger partial charge is 0.251 e. The second kappa shape index (κ2) is 8.74. The number of anilines is 1. The van der Waals surface area contributed by atoms with Gasteiger partial charge < -0.3 is 15.6 Å². The highest BCUT2D eigenvalue weighted by atomic mass is 19.1. The molecule has 0 bridgehead atoms. The lowest BCUT2D eigenvalue weighted by atomic mass is 9.90. The van der Waals surface area contributed by atoms with Gasteiger partial charge in [0.1, 0.15) is 5.65 Å². The maximum absolute atomic E-state index is 14.6. The molecule has 7 nitrogen and oxygen atoms in total. The molecule has 8 heteroatoms. The maximum Gasteiger partial charge on any atom is 0.251 e. The molecule has 4 aromatic rings. The van der Waals surface area contributed by atoms with Crippen LogP contribution in [0, 0.1) is 5.82 Å². The van der Waals surface area contributed by atoms with Crippen LogP contribution in [0.2, 0.25) is 0 Å². The quantitative estimate of drug-likeness (QED) is 0.438. The molecule has 3 aromatic heterocycles. The predicted molar refractivity (Wildman–Crippen MR) is 121 cm³/mol. The molecule has 0 radical (unpaired) electrons. The van der Waals surface area contributed by atoms with Gasteiger partial charge in [-0.1, -0.05) is 31.0 Å². The minimum Gasteiger partial charge on any atom is -0.363 e. The van der Waals surface area contributed by atoms with E-state index in [4.69, 9.17) is 0 Å². The van der Waals surface area contributed by atoms with Crippen LogP contribution in [0.15, 0.2) is 61.1 Å². The van der Waals surface area contributed by atoms with E-state index in [1.54, 1.807) is 24.5 Å². The van der Waals surface area contributed by atoms with Crippen LogP contribution in [0.25, 0.3) is 22.4 Å². The lowest BCUT2D eigenvalue weighted by Crippen LogP contribution is -2.48. The zero-order valence-electron chi connectivity index (χ0n) is 17.4. The maximum atomic E-state index is 14.6. The summed E-state index contributed by atoms with van der Waals surface area (Å²) in [6, 6.07) is 12.6. The number of carbonyl (C=O) groups excluding carboxylic acids is 1. The molecule has 32 heavy (non-hydrogen) atoms. The van der Waals surface area contributed by atoms with Crippen molar-refractivity contribution in [1.29, 1.82) is 0 Å². The summed E-state index contributed by atoms with van der Waals surface area (Å²) in [6.45, 7) is 0. The van der Waals surface area contributed by atoms with Gasteiger partial charge in [0, 0.05) is 41.0 Å². The first kappa shape index (κ1) is 20.1. The summed E-state index contributed by atoms with van der Waals surface area (Å²) in [4.78, 5) is 28.7. The Morgan fingerprint density at radius 2 is 1.84 bits per heavy atom. The standard InChI is InChI=1S/C24H23FN6O/c25-18-14-28-22(17-13-27-21-16(17)9-6-12-26-21)31-23(18)29-19-10-4-5-11-20(19)30-24(32)15-7-2-1-3-8-15/h1-3,6-9,12-14,19-20H,4-5,10-11H2,(H,26,27)(H,30,32)(H,28,29,31)/t19-,20?/m1/s1. The van der Waals surface area contributed by atoms with Crippen molar-refractivity contribution in [3.8, 4) is 11.4 Å². The fourth-order valence-corrected chi connectivity index (χ4v) is 4.23. The van der Waals surface area contributed by atoms with Crippen molar-refractivity contribution in [2.45, 2.75) is 37.8 Å². The molecular formula is C24H23FN6O. The topological polar surface area (TPSA) is 95.6 Å². The monoisotopic (exact) mass is 430 g/mol. The van der Waals surface area contributed by atoms with Gasteiger partial charge in [0.15, 0.2) is 17.5 Å². The Bertz CT molecular complexity index is 1240. The Kier molecular flexibility index (Phi) is 5.49. The third kappa shape index (κ3) is 4.03. The molecule has 5 rings (SSSR count). The molecule has 1 saturated carbocycles. The number of H-pyrrole nitrogens is 1. The second-order valence-electron chi connectivity index (χ2n) is 7.97. The number of aromatic nitrogens is 4. The van der Waals surface area contributed by atoms with Crippen molar-refractivity contribution in [2.75, 3.05) is 5.32 Å². The molecule has 1 fully saturated rings. The van der Waals surface area contributed by atoms with Crippen molar-refractivity contribution >= 4 is 22.8 Å². The van der Waals surface area contributed by atoms with Gasteiger partial charge in [0.25, 0.3) is 5.91 Å². The fraction of sp³-hybridized carbons (Fsp3) is 0.250. The zero-order chi connectivity index (χ0) is 21.9. The van der Waals surface area contributed by atoms with Crippen molar-refractivity contribution in [3.05, 3.63) is 72.4 Å². The molecule has 1 unspecified atom stereocenters. The predicted octanol–water partition coefficient (Wildman–Crippen LogP) is 4.31. The highest BCUT2D eigenvalue weighted by molar-refractivity contribution is 5.94. The average Bonchev–Trinajstić information content (AvgIpc) is 3.26. The van der Waals surface area contributed by atoms with Gasteiger partial charge in [0.05, 0.1) is 6.20 Å². The Morgan fingerprint density at radius 3 is 2.69 bits per heavy atom. The van der Waals surface area contributed by atoms with Crippen LogP contribution in [-0.4, -0.2) is 37.9 Å². The number of aromatic amines is 1. The summed E-state index contributed by atoms with van der Waals surface area (Å²) >= 11 is 0. The first-order valence-electron chi connectivity index (χ1n) is 10.8. The summed E-state index contributed by atoms with van der Waals surface area (Å²) in [5.41, 5.74) is 2.09. The molecule has 0 spiro atoms. The van der Waals surface area contributed by atoms with Crippen molar-refractivity contribution in [2.24, 2.45) is 0 Å². The molecule has 0 aliphatic heterocycles. The van der Waals surface area contributed by atoms with Gasteiger partial charge in [-0.15, -0.1) is 0 Å². The van der Waals surface area contributed by atoms with Crippen LogP contribution in [0.3, 0.4) is 0 Å². The number of carbonyl (C=O) groups is 1. The molecule has 1 aromatic carbocycles. The van der Waals surface area contributed by atoms with Crippen molar-refractivity contribution in [1.82, 2.24) is 25.3 Å². The number of nitrogens with zero attached hydrogens (tertiary/aromatic N) is 3. The lowest BCUT2D eigenvalue weighted by molar-refractivity contribution is 0.0923. The first-order chi connectivity index (χ1) is 15.7. The van der Waals surface area contributed by atoms with Gasteiger partial charge in [-0.25, -0.2) is 19.3 Å². The first-order valence-corrected chi connectivity index (χ1v) is 10.8. The van der Waals surface area contributed by atoms with E-state index in [1.165, 1.54) is 6.20 Å². The summed E-state index contributed by atoms with van der Waals surface area (Å²) in [5, 5.41) is 7.22. The van der Waals surface area contributed by atoms with Crippen LogP contribution in [0.4, 0.5) is 10.2 Å². The van der Waals surface area contributed by atoms with Crippen LogP contribution in [0.5, 0.6) is 0 Å². The average molecular weight is 430 g/mol. The number of hydrogen-bond donors (Lipinski definition) is 3. The Hall–Kier alpha value is -3.81.